The van der Waals surface area contributed by atoms with Crippen LogP contribution >= 0.6 is 11.6 Å². The Kier molecular flexibility index (Phi) is 4.77. The number of aromatic nitrogens is 1. The van der Waals surface area contributed by atoms with Gasteiger partial charge in [0.1, 0.15) is 5.69 Å². The number of rotatable bonds is 4. The Labute approximate surface area is 102 Å². The van der Waals surface area contributed by atoms with E-state index >= 15 is 0 Å². The van der Waals surface area contributed by atoms with Crippen LogP contribution in [0.2, 0.25) is 5.02 Å². The molecular weight excluding hydrogens is 254 g/mol. The summed E-state index contributed by atoms with van der Waals surface area (Å²) in [4.78, 5) is 14.7. The van der Waals surface area contributed by atoms with E-state index in [1.165, 1.54) is 7.11 Å². The van der Waals surface area contributed by atoms with Gasteiger partial charge in [0.15, 0.2) is 0 Å². The van der Waals surface area contributed by atoms with Crippen molar-refractivity contribution in [2.24, 2.45) is 5.73 Å². The van der Waals surface area contributed by atoms with Crippen LogP contribution in [0.4, 0.5) is 8.78 Å². The first kappa shape index (κ1) is 13.8. The number of hydrogen-bond acceptors (Lipinski definition) is 4. The Balaban J connectivity index is 3.17. The maximum absolute atomic E-state index is 12.6. The highest BCUT2D eigenvalue weighted by Crippen LogP contribution is 2.26. The van der Waals surface area contributed by atoms with Crippen LogP contribution < -0.4 is 5.73 Å². The summed E-state index contributed by atoms with van der Waals surface area (Å²) in [7, 11) is 1.19. The molecule has 0 radical (unpaired) electrons. The minimum atomic E-state index is -2.74. The van der Waals surface area contributed by atoms with Crippen molar-refractivity contribution in [2.45, 2.75) is 19.4 Å². The van der Waals surface area contributed by atoms with Crippen LogP contribution in [-0.4, -0.2) is 18.1 Å². The summed E-state index contributed by atoms with van der Waals surface area (Å²) >= 11 is 5.89. The van der Waals surface area contributed by atoms with E-state index in [1.54, 1.807) is 0 Å². The van der Waals surface area contributed by atoms with Gasteiger partial charge in [-0.05, 0) is 11.6 Å². The summed E-state index contributed by atoms with van der Waals surface area (Å²) < 4.78 is 29.5. The molecule has 0 atom stereocenters. The minimum absolute atomic E-state index is 0.00472. The Morgan fingerprint density at radius 1 is 1.65 bits per heavy atom. The second-order valence-corrected chi connectivity index (χ2v) is 3.60. The predicted molar refractivity (Wildman–Crippen MR) is 57.8 cm³/mol. The smallest absolute Gasteiger partial charge is 0.311 e. The van der Waals surface area contributed by atoms with Crippen LogP contribution in [0.5, 0.6) is 0 Å². The molecule has 1 heterocycles. The minimum Gasteiger partial charge on any atom is -0.469 e. The van der Waals surface area contributed by atoms with E-state index in [4.69, 9.17) is 17.3 Å². The molecule has 0 aliphatic carbocycles. The average molecular weight is 265 g/mol. The van der Waals surface area contributed by atoms with Crippen LogP contribution in [0.1, 0.15) is 23.4 Å². The van der Waals surface area contributed by atoms with E-state index in [-0.39, 0.29) is 23.7 Å². The van der Waals surface area contributed by atoms with Gasteiger partial charge >= 0.3 is 5.97 Å². The summed E-state index contributed by atoms with van der Waals surface area (Å²) in [6, 6.07) is 1.13. The SMILES string of the molecule is COC(=O)Cc1nc(C(F)F)cc(CN)c1Cl. The maximum Gasteiger partial charge on any atom is 0.311 e. The summed E-state index contributed by atoms with van der Waals surface area (Å²) in [6.45, 7) is -0.00472. The van der Waals surface area contributed by atoms with Crippen molar-refractivity contribution in [3.8, 4) is 0 Å². The van der Waals surface area contributed by atoms with Gasteiger partial charge in [-0.2, -0.15) is 0 Å². The average Bonchev–Trinajstić information content (AvgIpc) is 2.31. The van der Waals surface area contributed by atoms with E-state index in [0.717, 1.165) is 6.07 Å². The third kappa shape index (κ3) is 3.34. The van der Waals surface area contributed by atoms with Crippen molar-refractivity contribution >= 4 is 17.6 Å². The lowest BCUT2D eigenvalue weighted by Gasteiger charge is -2.10. The van der Waals surface area contributed by atoms with E-state index in [9.17, 15) is 13.6 Å². The zero-order chi connectivity index (χ0) is 13.0. The van der Waals surface area contributed by atoms with Crippen LogP contribution in [0.25, 0.3) is 0 Å². The zero-order valence-corrected chi connectivity index (χ0v) is 9.80. The molecule has 1 aromatic rings. The number of pyridine rings is 1. The maximum atomic E-state index is 12.6. The van der Waals surface area contributed by atoms with Crippen molar-refractivity contribution in [3.63, 3.8) is 0 Å². The van der Waals surface area contributed by atoms with Crippen molar-refractivity contribution in [1.29, 1.82) is 0 Å². The Bertz CT molecular complexity index is 427. The lowest BCUT2D eigenvalue weighted by Crippen LogP contribution is -2.11. The number of esters is 1. The molecule has 1 rings (SSSR count). The summed E-state index contributed by atoms with van der Waals surface area (Å²) in [6.07, 6.45) is -3.00. The first-order valence-corrected chi connectivity index (χ1v) is 5.10. The molecule has 1 aromatic heterocycles. The fourth-order valence-corrected chi connectivity index (χ4v) is 1.49. The standard InChI is InChI=1S/C10H11ClF2N2O2/c1-17-8(16)3-6-9(11)5(4-14)2-7(15-6)10(12)13/h2,10H,3-4,14H2,1H3. The molecule has 0 fully saturated rings. The van der Waals surface area contributed by atoms with Crippen molar-refractivity contribution in [2.75, 3.05) is 7.11 Å². The zero-order valence-electron chi connectivity index (χ0n) is 9.04. The lowest BCUT2D eigenvalue weighted by molar-refractivity contribution is -0.139. The van der Waals surface area contributed by atoms with Crippen LogP contribution in [0, 0.1) is 0 Å². The quantitative estimate of drug-likeness (QED) is 0.843. The first-order valence-electron chi connectivity index (χ1n) is 4.72. The fraction of sp³-hybridized carbons (Fsp3) is 0.400. The fourth-order valence-electron chi connectivity index (χ4n) is 1.25. The van der Waals surface area contributed by atoms with Crippen LogP contribution in [-0.2, 0) is 22.5 Å². The molecule has 0 aliphatic rings. The van der Waals surface area contributed by atoms with Crippen molar-refractivity contribution in [3.05, 3.63) is 28.0 Å². The molecule has 0 aliphatic heterocycles. The number of hydrogen-bond donors (Lipinski definition) is 1. The van der Waals surface area contributed by atoms with E-state index in [2.05, 4.69) is 9.72 Å². The Morgan fingerprint density at radius 2 is 2.29 bits per heavy atom. The van der Waals surface area contributed by atoms with Gasteiger partial charge in [0, 0.05) is 6.54 Å². The highest BCUT2D eigenvalue weighted by Gasteiger charge is 2.17. The molecule has 4 nitrogen and oxygen atoms in total. The summed E-state index contributed by atoms with van der Waals surface area (Å²) in [5.41, 5.74) is 5.31. The number of nitrogens with zero attached hydrogens (tertiary/aromatic N) is 1. The Hall–Kier alpha value is -1.27. The summed E-state index contributed by atoms with van der Waals surface area (Å²) in [5.74, 6) is -0.603. The van der Waals surface area contributed by atoms with Gasteiger partial charge in [-0.25, -0.2) is 13.8 Å². The molecule has 0 unspecified atom stereocenters. The second kappa shape index (κ2) is 5.88. The number of carbonyl (C=O) groups is 1. The van der Waals surface area contributed by atoms with Gasteiger partial charge in [-0.15, -0.1) is 0 Å². The van der Waals surface area contributed by atoms with E-state index in [1.807, 2.05) is 0 Å². The topological polar surface area (TPSA) is 65.2 Å². The second-order valence-electron chi connectivity index (χ2n) is 3.22. The largest absolute Gasteiger partial charge is 0.469 e. The molecule has 2 N–H and O–H groups in total. The van der Waals surface area contributed by atoms with E-state index in [0.29, 0.717) is 5.56 Å². The van der Waals surface area contributed by atoms with Gasteiger partial charge < -0.3 is 10.5 Å². The van der Waals surface area contributed by atoms with Crippen LogP contribution in [0.3, 0.4) is 0 Å². The first-order chi connectivity index (χ1) is 7.99. The molecule has 0 saturated carbocycles. The van der Waals surface area contributed by atoms with Crippen LogP contribution in [0.15, 0.2) is 6.07 Å². The Morgan fingerprint density at radius 3 is 2.76 bits per heavy atom. The predicted octanol–water partition coefficient (Wildman–Crippen LogP) is 1.85. The molecule has 0 aromatic carbocycles. The molecular formula is C10H11ClF2N2O2. The van der Waals surface area contributed by atoms with Gasteiger partial charge in [0.05, 0.1) is 24.2 Å². The number of nitrogens with two attached hydrogens (primary N) is 1. The van der Waals surface area contributed by atoms with Gasteiger partial charge in [-0.3, -0.25) is 4.79 Å². The summed E-state index contributed by atoms with van der Waals surface area (Å²) in [5, 5.41) is 0.127. The normalized spacial score (nSPS) is 10.7. The molecule has 17 heavy (non-hydrogen) atoms. The molecule has 94 valence electrons. The van der Waals surface area contributed by atoms with Gasteiger partial charge in [0.25, 0.3) is 6.43 Å². The van der Waals surface area contributed by atoms with Crippen molar-refractivity contribution < 1.29 is 18.3 Å². The highest BCUT2D eigenvalue weighted by atomic mass is 35.5. The van der Waals surface area contributed by atoms with E-state index < -0.39 is 18.1 Å². The molecule has 7 heteroatoms. The number of carbonyl (C=O) groups excluding carboxylic acids is 1. The van der Waals surface area contributed by atoms with Gasteiger partial charge in [0.2, 0.25) is 0 Å². The van der Waals surface area contributed by atoms with Crippen molar-refractivity contribution in [1.82, 2.24) is 4.98 Å². The molecule has 0 amide bonds. The molecule has 0 saturated heterocycles. The van der Waals surface area contributed by atoms with Gasteiger partial charge in [-0.1, -0.05) is 11.6 Å². The number of halogens is 3. The monoisotopic (exact) mass is 264 g/mol. The number of ether oxygens (including phenoxy) is 1. The highest BCUT2D eigenvalue weighted by molar-refractivity contribution is 6.32. The lowest BCUT2D eigenvalue weighted by atomic mass is 10.1. The molecule has 0 spiro atoms. The molecule has 0 bridgehead atoms. The third-order valence-electron chi connectivity index (χ3n) is 2.10. The third-order valence-corrected chi connectivity index (χ3v) is 2.57. The number of alkyl halides is 2. The number of methoxy groups -OCH3 is 1.